The molecule has 0 radical (unpaired) electrons. The van der Waals surface area contributed by atoms with Crippen LogP contribution in [-0.2, 0) is 9.53 Å². The predicted octanol–water partition coefficient (Wildman–Crippen LogP) is 2.48. The molecule has 0 aliphatic heterocycles. The molecule has 0 aliphatic rings. The number of rotatable bonds is 4. The minimum absolute atomic E-state index is 0.0864. The van der Waals surface area contributed by atoms with Crippen molar-refractivity contribution in [3.8, 4) is 0 Å². The number of ether oxygens (including phenoxy) is 1. The molecule has 0 saturated carbocycles. The molecule has 9 heteroatoms. The first-order chi connectivity index (χ1) is 9.11. The van der Waals surface area contributed by atoms with Gasteiger partial charge in [0, 0.05) is 0 Å². The zero-order valence-electron chi connectivity index (χ0n) is 11.2. The van der Waals surface area contributed by atoms with Crippen LogP contribution in [0.4, 0.5) is 15.5 Å². The van der Waals surface area contributed by atoms with Gasteiger partial charge in [0.15, 0.2) is 0 Å². The van der Waals surface area contributed by atoms with Gasteiger partial charge in [0.2, 0.25) is 0 Å². The first-order valence-corrected chi connectivity index (χ1v) is 6.44. The molecule has 1 aromatic heterocycles. The average molecular weight is 302 g/mol. The van der Waals surface area contributed by atoms with Crippen LogP contribution in [-0.4, -0.2) is 34.2 Å². The van der Waals surface area contributed by atoms with Gasteiger partial charge in [-0.3, -0.25) is 19.8 Å². The Balaban J connectivity index is 3.12. The van der Waals surface area contributed by atoms with Crippen LogP contribution in [0.2, 0.25) is 0 Å². The van der Waals surface area contributed by atoms with E-state index in [2.05, 4.69) is 0 Å². The van der Waals surface area contributed by atoms with Crippen molar-refractivity contribution in [3.63, 3.8) is 0 Å². The molecule has 1 aromatic rings. The Bertz CT molecular complexity index is 533. The van der Waals surface area contributed by atoms with Crippen LogP contribution >= 0.6 is 11.3 Å². The van der Waals surface area contributed by atoms with Gasteiger partial charge in [0.25, 0.3) is 0 Å². The number of carbonyl (C=O) groups excluding carboxylic acids is 1. The van der Waals surface area contributed by atoms with Crippen LogP contribution in [0.1, 0.15) is 20.8 Å². The molecule has 1 heterocycles. The Morgan fingerprint density at radius 1 is 1.50 bits per heavy atom. The molecule has 110 valence electrons. The molecule has 8 nitrogen and oxygen atoms in total. The van der Waals surface area contributed by atoms with Crippen molar-refractivity contribution in [2.45, 2.75) is 26.4 Å². The van der Waals surface area contributed by atoms with Crippen molar-refractivity contribution in [2.24, 2.45) is 0 Å². The number of hydrogen-bond donors (Lipinski definition) is 1. The second-order valence-corrected chi connectivity index (χ2v) is 5.72. The van der Waals surface area contributed by atoms with E-state index < -0.39 is 29.1 Å². The highest BCUT2D eigenvalue weighted by atomic mass is 32.1. The number of nitrogens with zero attached hydrogens (tertiary/aromatic N) is 2. The molecule has 1 rings (SSSR count). The summed E-state index contributed by atoms with van der Waals surface area (Å²) in [5.74, 6) is -1.30. The van der Waals surface area contributed by atoms with E-state index in [0.29, 0.717) is 0 Å². The van der Waals surface area contributed by atoms with Crippen molar-refractivity contribution in [2.75, 3.05) is 11.4 Å². The van der Waals surface area contributed by atoms with E-state index in [1.807, 2.05) is 0 Å². The molecule has 1 N–H and O–H groups in total. The number of carbonyl (C=O) groups is 2. The quantitative estimate of drug-likeness (QED) is 0.675. The Morgan fingerprint density at radius 3 is 2.55 bits per heavy atom. The molecule has 0 fully saturated rings. The Morgan fingerprint density at radius 2 is 2.10 bits per heavy atom. The maximum absolute atomic E-state index is 12.0. The summed E-state index contributed by atoms with van der Waals surface area (Å²) in [5, 5.41) is 20.8. The molecule has 0 aliphatic carbocycles. The lowest BCUT2D eigenvalue weighted by Gasteiger charge is -2.25. The molecule has 0 aromatic carbocycles. The Kier molecular flexibility index (Phi) is 4.66. The van der Waals surface area contributed by atoms with Crippen molar-refractivity contribution in [1.29, 1.82) is 0 Å². The summed E-state index contributed by atoms with van der Waals surface area (Å²) < 4.78 is 5.06. The molecule has 0 spiro atoms. The van der Waals surface area contributed by atoms with Crippen molar-refractivity contribution >= 4 is 34.1 Å². The van der Waals surface area contributed by atoms with Crippen molar-refractivity contribution < 1.29 is 24.4 Å². The first-order valence-electron chi connectivity index (χ1n) is 5.56. The van der Waals surface area contributed by atoms with Gasteiger partial charge in [0.05, 0.1) is 4.92 Å². The average Bonchev–Trinajstić information content (AvgIpc) is 2.71. The van der Waals surface area contributed by atoms with Gasteiger partial charge >= 0.3 is 17.1 Å². The zero-order chi connectivity index (χ0) is 15.5. The van der Waals surface area contributed by atoms with E-state index in [1.165, 1.54) is 11.4 Å². The van der Waals surface area contributed by atoms with Gasteiger partial charge in [0.1, 0.15) is 17.8 Å². The zero-order valence-corrected chi connectivity index (χ0v) is 12.0. The molecular formula is C11H14N2O6S. The van der Waals surface area contributed by atoms with Gasteiger partial charge in [-0.1, -0.05) is 11.3 Å². The monoisotopic (exact) mass is 302 g/mol. The standard InChI is InChI=1S/C11H14N2O6S/c1-11(2,3)19-10(16)12(6-8(14)15)7-4-5-20-9(7)13(17)18/h4-5H,6H2,1-3H3,(H,14,15). The van der Waals surface area contributed by atoms with Crippen LogP contribution < -0.4 is 4.90 Å². The number of anilines is 1. The molecule has 1 amide bonds. The fourth-order valence-corrected chi connectivity index (χ4v) is 2.05. The summed E-state index contributed by atoms with van der Waals surface area (Å²) >= 11 is 0.807. The second-order valence-electron chi connectivity index (χ2n) is 4.83. The highest BCUT2D eigenvalue weighted by Crippen LogP contribution is 2.34. The topological polar surface area (TPSA) is 110 Å². The number of carboxylic acids is 1. The first kappa shape index (κ1) is 15.9. The van der Waals surface area contributed by atoms with Gasteiger partial charge in [-0.25, -0.2) is 4.79 Å². The summed E-state index contributed by atoms with van der Waals surface area (Å²) in [4.78, 5) is 33.8. The van der Waals surface area contributed by atoms with Gasteiger partial charge in [-0.2, -0.15) is 0 Å². The lowest BCUT2D eigenvalue weighted by Crippen LogP contribution is -2.40. The molecule has 0 atom stereocenters. The van der Waals surface area contributed by atoms with Crippen LogP contribution in [0.5, 0.6) is 0 Å². The van der Waals surface area contributed by atoms with E-state index >= 15 is 0 Å². The summed E-state index contributed by atoms with van der Waals surface area (Å²) in [7, 11) is 0. The van der Waals surface area contributed by atoms with Crippen molar-refractivity contribution in [1.82, 2.24) is 0 Å². The van der Waals surface area contributed by atoms with Crippen LogP contribution in [0.3, 0.4) is 0 Å². The highest BCUT2D eigenvalue weighted by Gasteiger charge is 2.31. The summed E-state index contributed by atoms with van der Waals surface area (Å²) in [6, 6.07) is 1.32. The van der Waals surface area contributed by atoms with E-state index in [1.54, 1.807) is 20.8 Å². The number of aliphatic carboxylic acids is 1. The summed E-state index contributed by atoms with van der Waals surface area (Å²) in [5.41, 5.74) is -0.921. The van der Waals surface area contributed by atoms with Crippen LogP contribution in [0.25, 0.3) is 0 Å². The number of thiophene rings is 1. The molecular weight excluding hydrogens is 288 g/mol. The Labute approximate surface area is 118 Å². The molecule has 0 unspecified atom stereocenters. The minimum atomic E-state index is -1.30. The maximum atomic E-state index is 12.0. The normalized spacial score (nSPS) is 10.9. The largest absolute Gasteiger partial charge is 0.480 e. The molecule has 0 saturated heterocycles. The molecule has 0 bridgehead atoms. The number of carboxylic acid groups (broad SMARTS) is 1. The van der Waals surface area contributed by atoms with E-state index in [0.717, 1.165) is 16.2 Å². The van der Waals surface area contributed by atoms with Crippen LogP contribution in [0, 0.1) is 10.1 Å². The fourth-order valence-electron chi connectivity index (χ4n) is 1.34. The smallest absolute Gasteiger partial charge is 0.415 e. The van der Waals surface area contributed by atoms with E-state index in [9.17, 15) is 19.7 Å². The predicted molar refractivity (Wildman–Crippen MR) is 72.2 cm³/mol. The number of amides is 1. The number of hydrogen-bond acceptors (Lipinski definition) is 6. The van der Waals surface area contributed by atoms with Crippen molar-refractivity contribution in [3.05, 3.63) is 21.6 Å². The summed E-state index contributed by atoms with van der Waals surface area (Å²) in [6.45, 7) is 4.14. The lowest BCUT2D eigenvalue weighted by molar-refractivity contribution is -0.379. The third-order valence-electron chi connectivity index (χ3n) is 1.99. The second kappa shape index (κ2) is 5.87. The van der Waals surface area contributed by atoms with Gasteiger partial charge in [-0.15, -0.1) is 0 Å². The van der Waals surface area contributed by atoms with E-state index in [4.69, 9.17) is 9.84 Å². The van der Waals surface area contributed by atoms with Gasteiger partial charge < -0.3 is 9.84 Å². The van der Waals surface area contributed by atoms with E-state index in [-0.39, 0.29) is 10.7 Å². The lowest BCUT2D eigenvalue weighted by atomic mass is 10.2. The SMILES string of the molecule is CC(C)(C)OC(=O)N(CC(=O)O)c1ccsc1[N+](=O)[O-]. The minimum Gasteiger partial charge on any atom is -0.480 e. The maximum Gasteiger partial charge on any atom is 0.415 e. The number of nitro groups is 1. The van der Waals surface area contributed by atoms with Gasteiger partial charge in [-0.05, 0) is 32.2 Å². The summed E-state index contributed by atoms with van der Waals surface area (Å²) in [6.07, 6.45) is -0.943. The Hall–Kier alpha value is -2.16. The third kappa shape index (κ3) is 4.19. The fraction of sp³-hybridized carbons (Fsp3) is 0.455. The third-order valence-corrected chi connectivity index (χ3v) is 2.84. The van der Waals surface area contributed by atoms with Crippen LogP contribution in [0.15, 0.2) is 11.4 Å². The highest BCUT2D eigenvalue weighted by molar-refractivity contribution is 7.14. The molecule has 20 heavy (non-hydrogen) atoms.